The summed E-state index contributed by atoms with van der Waals surface area (Å²) in [6, 6.07) is 10.6. The highest BCUT2D eigenvalue weighted by atomic mass is 32.1. The van der Waals surface area contributed by atoms with Crippen LogP contribution in [0, 0.1) is 0 Å². The standard InChI is InChI=1S/C15H15NO4S/c1-2-12(20-10-6-4-3-5-7-10)14(17)16-11-8-9-21-13(11)15(18)19/h3-9,12H,2H2,1H3,(H,16,17)(H,18,19). The van der Waals surface area contributed by atoms with Crippen LogP contribution in [0.3, 0.4) is 0 Å². The van der Waals surface area contributed by atoms with E-state index in [1.54, 1.807) is 23.6 Å². The first kappa shape index (κ1) is 15.1. The van der Waals surface area contributed by atoms with Crippen molar-refractivity contribution in [2.75, 3.05) is 5.32 Å². The number of nitrogens with one attached hydrogen (secondary N) is 1. The molecule has 1 aromatic heterocycles. The maximum absolute atomic E-state index is 12.2. The van der Waals surface area contributed by atoms with E-state index in [1.807, 2.05) is 25.1 Å². The Morgan fingerprint density at radius 1 is 1.29 bits per heavy atom. The van der Waals surface area contributed by atoms with E-state index >= 15 is 0 Å². The predicted octanol–water partition coefficient (Wildman–Crippen LogP) is 3.24. The van der Waals surface area contributed by atoms with Gasteiger partial charge in [0, 0.05) is 0 Å². The van der Waals surface area contributed by atoms with Gasteiger partial charge in [0.1, 0.15) is 10.6 Å². The van der Waals surface area contributed by atoms with E-state index in [0.717, 1.165) is 11.3 Å². The molecule has 21 heavy (non-hydrogen) atoms. The molecule has 0 fully saturated rings. The predicted molar refractivity (Wildman–Crippen MR) is 81.1 cm³/mol. The highest BCUT2D eigenvalue weighted by molar-refractivity contribution is 7.12. The number of para-hydroxylation sites is 1. The zero-order chi connectivity index (χ0) is 15.2. The smallest absolute Gasteiger partial charge is 0.348 e. The minimum absolute atomic E-state index is 0.109. The normalized spacial score (nSPS) is 11.7. The van der Waals surface area contributed by atoms with Crippen LogP contribution in [0.4, 0.5) is 5.69 Å². The zero-order valence-corrected chi connectivity index (χ0v) is 12.2. The molecule has 0 saturated carbocycles. The number of benzene rings is 1. The number of amides is 1. The molecule has 0 radical (unpaired) electrons. The van der Waals surface area contributed by atoms with Gasteiger partial charge in [-0.3, -0.25) is 4.79 Å². The number of aromatic carboxylic acids is 1. The lowest BCUT2D eigenvalue weighted by Crippen LogP contribution is -2.32. The number of hydrogen-bond donors (Lipinski definition) is 2. The summed E-state index contributed by atoms with van der Waals surface area (Å²) >= 11 is 1.07. The second kappa shape index (κ2) is 6.90. The Balaban J connectivity index is 2.06. The van der Waals surface area contributed by atoms with Crippen LogP contribution in [0.2, 0.25) is 0 Å². The quantitative estimate of drug-likeness (QED) is 0.859. The lowest BCUT2D eigenvalue weighted by atomic mass is 10.2. The first-order valence-electron chi connectivity index (χ1n) is 6.45. The Labute approximate surface area is 126 Å². The van der Waals surface area contributed by atoms with E-state index in [9.17, 15) is 9.59 Å². The molecular weight excluding hydrogens is 290 g/mol. The van der Waals surface area contributed by atoms with Crippen LogP contribution in [0.25, 0.3) is 0 Å². The fourth-order valence-corrected chi connectivity index (χ4v) is 2.46. The van der Waals surface area contributed by atoms with Crippen LogP contribution in [-0.2, 0) is 4.79 Å². The summed E-state index contributed by atoms with van der Waals surface area (Å²) in [5.74, 6) is -0.817. The fraction of sp³-hybridized carbons (Fsp3) is 0.200. The summed E-state index contributed by atoms with van der Waals surface area (Å²) in [6.45, 7) is 1.83. The minimum Gasteiger partial charge on any atom is -0.481 e. The molecule has 1 atom stereocenters. The van der Waals surface area contributed by atoms with Crippen molar-refractivity contribution in [1.82, 2.24) is 0 Å². The number of rotatable bonds is 6. The van der Waals surface area contributed by atoms with Gasteiger partial charge in [-0.05, 0) is 30.0 Å². The first-order chi connectivity index (χ1) is 10.1. The number of carbonyl (C=O) groups is 2. The maximum Gasteiger partial charge on any atom is 0.348 e. The highest BCUT2D eigenvalue weighted by Gasteiger charge is 2.21. The van der Waals surface area contributed by atoms with Crippen molar-refractivity contribution in [3.8, 4) is 5.75 Å². The minimum atomic E-state index is -1.06. The van der Waals surface area contributed by atoms with Gasteiger partial charge in [0.15, 0.2) is 6.10 Å². The zero-order valence-electron chi connectivity index (χ0n) is 11.4. The van der Waals surface area contributed by atoms with Gasteiger partial charge in [0.05, 0.1) is 5.69 Å². The van der Waals surface area contributed by atoms with Crippen LogP contribution in [0.15, 0.2) is 41.8 Å². The topological polar surface area (TPSA) is 75.6 Å². The van der Waals surface area contributed by atoms with Crippen molar-refractivity contribution in [1.29, 1.82) is 0 Å². The third-order valence-electron chi connectivity index (χ3n) is 2.80. The van der Waals surface area contributed by atoms with Gasteiger partial charge in [-0.2, -0.15) is 0 Å². The molecule has 2 N–H and O–H groups in total. The van der Waals surface area contributed by atoms with E-state index in [2.05, 4.69) is 5.32 Å². The van der Waals surface area contributed by atoms with Crippen LogP contribution in [0.5, 0.6) is 5.75 Å². The van der Waals surface area contributed by atoms with Crippen LogP contribution in [-0.4, -0.2) is 23.1 Å². The van der Waals surface area contributed by atoms with Crippen molar-refractivity contribution in [2.45, 2.75) is 19.4 Å². The summed E-state index contributed by atoms with van der Waals surface area (Å²) in [4.78, 5) is 23.3. The molecule has 6 heteroatoms. The number of anilines is 1. The molecule has 0 aliphatic carbocycles. The molecule has 0 saturated heterocycles. The van der Waals surface area contributed by atoms with Gasteiger partial charge >= 0.3 is 5.97 Å². The Kier molecular flexibility index (Phi) is 4.94. The fourth-order valence-electron chi connectivity index (χ4n) is 1.77. The van der Waals surface area contributed by atoms with Crippen molar-refractivity contribution < 1.29 is 19.4 Å². The van der Waals surface area contributed by atoms with E-state index in [0.29, 0.717) is 17.9 Å². The summed E-state index contributed by atoms with van der Waals surface area (Å²) in [7, 11) is 0. The average Bonchev–Trinajstić information content (AvgIpc) is 2.94. The van der Waals surface area contributed by atoms with Gasteiger partial charge in [0.25, 0.3) is 5.91 Å². The number of ether oxygens (including phenoxy) is 1. The molecule has 0 aliphatic rings. The van der Waals surface area contributed by atoms with Crippen molar-refractivity contribution in [3.05, 3.63) is 46.7 Å². The summed E-state index contributed by atoms with van der Waals surface area (Å²) in [5, 5.41) is 13.3. The third-order valence-corrected chi connectivity index (χ3v) is 3.70. The molecule has 1 unspecified atom stereocenters. The lowest BCUT2D eigenvalue weighted by molar-refractivity contribution is -0.122. The Hall–Kier alpha value is -2.34. The third kappa shape index (κ3) is 3.82. The van der Waals surface area contributed by atoms with E-state index < -0.39 is 12.1 Å². The van der Waals surface area contributed by atoms with Gasteiger partial charge in [-0.25, -0.2) is 4.79 Å². The van der Waals surface area contributed by atoms with Gasteiger partial charge in [0.2, 0.25) is 0 Å². The largest absolute Gasteiger partial charge is 0.481 e. The molecular formula is C15H15NO4S. The van der Waals surface area contributed by atoms with E-state index in [-0.39, 0.29) is 10.8 Å². The molecule has 5 nitrogen and oxygen atoms in total. The number of thiophene rings is 1. The number of carboxylic acid groups (broad SMARTS) is 1. The average molecular weight is 305 g/mol. The lowest BCUT2D eigenvalue weighted by Gasteiger charge is -2.17. The molecule has 1 amide bonds. The SMILES string of the molecule is CCC(Oc1ccccc1)C(=O)Nc1ccsc1C(=O)O. The first-order valence-corrected chi connectivity index (χ1v) is 7.33. The Morgan fingerprint density at radius 3 is 2.62 bits per heavy atom. The van der Waals surface area contributed by atoms with E-state index in [1.165, 1.54) is 0 Å². The Bertz CT molecular complexity index is 624. The molecule has 0 aliphatic heterocycles. The molecule has 2 rings (SSSR count). The van der Waals surface area contributed by atoms with Gasteiger partial charge in [-0.1, -0.05) is 25.1 Å². The molecule has 110 valence electrons. The maximum atomic E-state index is 12.2. The number of carboxylic acids is 1. The van der Waals surface area contributed by atoms with E-state index in [4.69, 9.17) is 9.84 Å². The summed E-state index contributed by atoms with van der Waals surface area (Å²) in [6.07, 6.45) is -0.193. The van der Waals surface area contributed by atoms with Crippen LogP contribution >= 0.6 is 11.3 Å². The van der Waals surface area contributed by atoms with Gasteiger partial charge in [-0.15, -0.1) is 11.3 Å². The van der Waals surface area contributed by atoms with Crippen molar-refractivity contribution in [3.63, 3.8) is 0 Å². The molecule has 1 aromatic carbocycles. The van der Waals surface area contributed by atoms with Crippen molar-refractivity contribution >= 4 is 28.9 Å². The van der Waals surface area contributed by atoms with Crippen LogP contribution < -0.4 is 10.1 Å². The number of hydrogen-bond acceptors (Lipinski definition) is 4. The molecule has 0 spiro atoms. The summed E-state index contributed by atoms with van der Waals surface area (Å²) in [5.41, 5.74) is 0.299. The van der Waals surface area contributed by atoms with Crippen molar-refractivity contribution in [2.24, 2.45) is 0 Å². The van der Waals surface area contributed by atoms with Crippen LogP contribution in [0.1, 0.15) is 23.0 Å². The second-order valence-electron chi connectivity index (χ2n) is 4.29. The summed E-state index contributed by atoms with van der Waals surface area (Å²) < 4.78 is 5.62. The molecule has 1 heterocycles. The molecule has 0 bridgehead atoms. The second-order valence-corrected chi connectivity index (χ2v) is 5.20. The monoisotopic (exact) mass is 305 g/mol. The Morgan fingerprint density at radius 2 is 2.00 bits per heavy atom. The van der Waals surface area contributed by atoms with Gasteiger partial charge < -0.3 is 15.2 Å². The molecule has 2 aromatic rings. The highest BCUT2D eigenvalue weighted by Crippen LogP contribution is 2.23. The number of carbonyl (C=O) groups excluding carboxylic acids is 1.